The maximum absolute atomic E-state index is 12.7. The Balaban J connectivity index is 1.76. The normalized spacial score (nSPS) is 10.4. The van der Waals surface area contributed by atoms with Gasteiger partial charge in [0, 0.05) is 21.7 Å². The van der Waals surface area contributed by atoms with Gasteiger partial charge in [0.15, 0.2) is 0 Å². The lowest BCUT2D eigenvalue weighted by Gasteiger charge is -2.13. The Morgan fingerprint density at radius 1 is 1.04 bits per heavy atom. The summed E-state index contributed by atoms with van der Waals surface area (Å²) < 4.78 is 11.3. The van der Waals surface area contributed by atoms with Crippen LogP contribution in [0.3, 0.4) is 0 Å². The van der Waals surface area contributed by atoms with Gasteiger partial charge in [0.1, 0.15) is 18.1 Å². The van der Waals surface area contributed by atoms with E-state index in [0.29, 0.717) is 17.9 Å². The predicted molar refractivity (Wildman–Crippen MR) is 115 cm³/mol. The number of nitrogens with one attached hydrogen (secondary N) is 1. The molecule has 0 aliphatic heterocycles. The van der Waals surface area contributed by atoms with E-state index in [9.17, 15) is 4.79 Å². The van der Waals surface area contributed by atoms with Crippen molar-refractivity contribution in [2.24, 2.45) is 0 Å². The van der Waals surface area contributed by atoms with Crippen molar-refractivity contribution < 1.29 is 14.3 Å². The molecule has 144 valence electrons. The topological polar surface area (TPSA) is 47.6 Å². The molecule has 0 saturated carbocycles. The molecule has 4 nitrogen and oxygen atoms in total. The Hall–Kier alpha value is -2.92. The number of anilines is 1. The number of aryl methyl sites for hydroxylation is 1. The van der Waals surface area contributed by atoms with Gasteiger partial charge in [-0.3, -0.25) is 4.79 Å². The van der Waals surface area contributed by atoms with E-state index in [-0.39, 0.29) is 5.91 Å². The van der Waals surface area contributed by atoms with Crippen molar-refractivity contribution in [3.05, 3.63) is 83.4 Å². The van der Waals surface area contributed by atoms with E-state index in [4.69, 9.17) is 9.47 Å². The lowest BCUT2D eigenvalue weighted by molar-refractivity contribution is 0.102. The number of methoxy groups -OCH3 is 1. The number of carbonyl (C=O) groups excluding carboxylic acids is 1. The third-order valence-electron chi connectivity index (χ3n) is 4.25. The van der Waals surface area contributed by atoms with E-state index in [1.165, 1.54) is 0 Å². The minimum atomic E-state index is -0.169. The lowest BCUT2D eigenvalue weighted by atomic mass is 10.1. The largest absolute Gasteiger partial charge is 0.496 e. The highest BCUT2D eigenvalue weighted by Crippen LogP contribution is 2.24. The number of ether oxygens (including phenoxy) is 2. The summed E-state index contributed by atoms with van der Waals surface area (Å²) in [7, 11) is 1.61. The Kier molecular flexibility index (Phi) is 6.61. The second-order valence-electron chi connectivity index (χ2n) is 6.32. The van der Waals surface area contributed by atoms with Crippen molar-refractivity contribution in [2.45, 2.75) is 18.4 Å². The summed E-state index contributed by atoms with van der Waals surface area (Å²) in [6.07, 6.45) is 2.00. The van der Waals surface area contributed by atoms with Crippen molar-refractivity contribution in [3.63, 3.8) is 0 Å². The first-order valence-corrected chi connectivity index (χ1v) is 10.1. The average Bonchev–Trinajstić information content (AvgIpc) is 2.72. The minimum absolute atomic E-state index is 0.169. The molecule has 0 aromatic heterocycles. The van der Waals surface area contributed by atoms with Crippen LogP contribution in [0.5, 0.6) is 11.5 Å². The number of carbonyl (C=O) groups is 1. The Morgan fingerprint density at radius 2 is 1.86 bits per heavy atom. The fraction of sp³-hybridized carbons (Fsp3) is 0.174. The lowest BCUT2D eigenvalue weighted by Crippen LogP contribution is -2.13. The molecule has 0 saturated heterocycles. The molecule has 5 heteroatoms. The summed E-state index contributed by atoms with van der Waals surface area (Å²) in [5, 5.41) is 2.94. The van der Waals surface area contributed by atoms with Crippen molar-refractivity contribution in [1.82, 2.24) is 0 Å². The van der Waals surface area contributed by atoms with E-state index in [1.807, 2.05) is 67.8 Å². The number of hydrogen-bond acceptors (Lipinski definition) is 4. The maximum atomic E-state index is 12.7. The minimum Gasteiger partial charge on any atom is -0.496 e. The fourth-order valence-corrected chi connectivity index (χ4v) is 3.26. The number of amides is 1. The van der Waals surface area contributed by atoms with Crippen LogP contribution in [0.25, 0.3) is 0 Å². The number of thioether (sulfide) groups is 1. The molecule has 3 aromatic carbocycles. The Bertz CT molecular complexity index is 972. The van der Waals surface area contributed by atoms with Crippen molar-refractivity contribution in [2.75, 3.05) is 18.7 Å². The van der Waals surface area contributed by atoms with E-state index in [2.05, 4.69) is 5.32 Å². The molecule has 0 radical (unpaired) electrons. The van der Waals surface area contributed by atoms with Gasteiger partial charge in [-0.15, -0.1) is 11.8 Å². The van der Waals surface area contributed by atoms with Gasteiger partial charge in [-0.2, -0.15) is 0 Å². The van der Waals surface area contributed by atoms with E-state index in [1.54, 1.807) is 31.0 Å². The monoisotopic (exact) mass is 393 g/mol. The van der Waals surface area contributed by atoms with Crippen LogP contribution in [0.15, 0.2) is 71.6 Å². The van der Waals surface area contributed by atoms with Crippen LogP contribution in [-0.2, 0) is 6.61 Å². The molecule has 0 atom stereocenters. The van der Waals surface area contributed by atoms with E-state index in [0.717, 1.165) is 27.5 Å². The first-order valence-electron chi connectivity index (χ1n) is 8.91. The third kappa shape index (κ3) is 5.08. The molecular formula is C23H23NO3S. The quantitative estimate of drug-likeness (QED) is 0.534. The molecule has 0 spiro atoms. The van der Waals surface area contributed by atoms with Gasteiger partial charge in [-0.25, -0.2) is 0 Å². The third-order valence-corrected chi connectivity index (χ3v) is 4.98. The van der Waals surface area contributed by atoms with Gasteiger partial charge in [0.25, 0.3) is 5.91 Å². The zero-order chi connectivity index (χ0) is 19.9. The molecule has 0 aliphatic carbocycles. The number of hydrogen-bond donors (Lipinski definition) is 1. The standard InChI is InChI=1S/C23H23NO3S/c1-16-6-4-8-20(12-16)27-15-18-13-17(10-11-22(18)26-2)23(25)24-19-7-5-9-21(14-19)28-3/h4-14H,15H2,1-3H3,(H,24,25). The first kappa shape index (κ1) is 19.8. The maximum Gasteiger partial charge on any atom is 0.255 e. The fourth-order valence-electron chi connectivity index (χ4n) is 2.80. The van der Waals surface area contributed by atoms with Crippen LogP contribution < -0.4 is 14.8 Å². The molecule has 3 rings (SSSR count). The molecule has 0 bridgehead atoms. The van der Waals surface area contributed by atoms with Crippen LogP contribution >= 0.6 is 11.8 Å². The van der Waals surface area contributed by atoms with Gasteiger partial charge in [0.05, 0.1) is 7.11 Å². The molecule has 0 fully saturated rings. The second-order valence-corrected chi connectivity index (χ2v) is 7.20. The Labute approximate surface area is 169 Å². The molecule has 0 unspecified atom stereocenters. The summed E-state index contributed by atoms with van der Waals surface area (Å²) in [6, 6.07) is 21.0. The highest BCUT2D eigenvalue weighted by Gasteiger charge is 2.12. The molecule has 0 aliphatic rings. The van der Waals surface area contributed by atoms with Gasteiger partial charge < -0.3 is 14.8 Å². The molecule has 0 heterocycles. The summed E-state index contributed by atoms with van der Waals surface area (Å²) >= 11 is 1.63. The van der Waals surface area contributed by atoms with Crippen molar-refractivity contribution in [1.29, 1.82) is 0 Å². The van der Waals surface area contributed by atoms with Crippen LogP contribution in [-0.4, -0.2) is 19.3 Å². The highest BCUT2D eigenvalue weighted by atomic mass is 32.2. The van der Waals surface area contributed by atoms with Crippen molar-refractivity contribution >= 4 is 23.4 Å². The predicted octanol–water partition coefficient (Wildman–Crippen LogP) is 5.56. The second kappa shape index (κ2) is 9.33. The molecule has 28 heavy (non-hydrogen) atoms. The smallest absolute Gasteiger partial charge is 0.255 e. The van der Waals surface area contributed by atoms with Crippen LogP contribution in [0, 0.1) is 6.92 Å². The van der Waals surface area contributed by atoms with E-state index < -0.39 is 0 Å². The SMILES string of the molecule is COc1ccc(C(=O)Nc2cccc(SC)c2)cc1COc1cccc(C)c1. The van der Waals surface area contributed by atoms with Gasteiger partial charge in [0.2, 0.25) is 0 Å². The van der Waals surface area contributed by atoms with Gasteiger partial charge in [-0.1, -0.05) is 18.2 Å². The molecule has 1 N–H and O–H groups in total. The molecule has 3 aromatic rings. The number of benzene rings is 3. The van der Waals surface area contributed by atoms with Crippen LogP contribution in [0.4, 0.5) is 5.69 Å². The summed E-state index contributed by atoms with van der Waals surface area (Å²) in [4.78, 5) is 13.8. The van der Waals surface area contributed by atoms with Gasteiger partial charge in [-0.05, 0) is 67.3 Å². The summed E-state index contributed by atoms with van der Waals surface area (Å²) in [6.45, 7) is 2.33. The van der Waals surface area contributed by atoms with Crippen LogP contribution in [0.2, 0.25) is 0 Å². The zero-order valence-corrected chi connectivity index (χ0v) is 17.0. The summed E-state index contributed by atoms with van der Waals surface area (Å²) in [5.74, 6) is 1.30. The van der Waals surface area contributed by atoms with Crippen molar-refractivity contribution in [3.8, 4) is 11.5 Å². The molecular weight excluding hydrogens is 370 g/mol. The first-order chi connectivity index (χ1) is 13.6. The average molecular weight is 394 g/mol. The highest BCUT2D eigenvalue weighted by molar-refractivity contribution is 7.98. The summed E-state index contributed by atoms with van der Waals surface area (Å²) in [5.41, 5.74) is 3.27. The Morgan fingerprint density at radius 3 is 2.61 bits per heavy atom. The van der Waals surface area contributed by atoms with Gasteiger partial charge >= 0.3 is 0 Å². The zero-order valence-electron chi connectivity index (χ0n) is 16.2. The molecule has 1 amide bonds. The number of rotatable bonds is 7. The van der Waals surface area contributed by atoms with E-state index >= 15 is 0 Å². The van der Waals surface area contributed by atoms with Crippen LogP contribution in [0.1, 0.15) is 21.5 Å².